The molecule has 3 heterocycles. The monoisotopic (exact) mass is 725 g/mol. The highest BCUT2D eigenvalue weighted by molar-refractivity contribution is 7.92. The molecule has 266 valence electrons. The van der Waals surface area contributed by atoms with E-state index in [0.29, 0.717) is 25.3 Å². The van der Waals surface area contributed by atoms with E-state index in [1.165, 1.54) is 19.4 Å². The number of carbonyl (C=O) groups is 2. The molecule has 2 bridgehead atoms. The van der Waals surface area contributed by atoms with Crippen molar-refractivity contribution in [3.05, 3.63) is 59.8 Å². The summed E-state index contributed by atoms with van der Waals surface area (Å²) in [5.41, 5.74) is -7.16. The zero-order valence-electron chi connectivity index (χ0n) is 26.0. The van der Waals surface area contributed by atoms with Crippen LogP contribution >= 0.6 is 0 Å². The van der Waals surface area contributed by atoms with Crippen molar-refractivity contribution < 1.29 is 58.9 Å². The molecule has 5 aliphatic rings. The molecule has 2 amide bonds. The standard InChI is InChI=1S/C31H28F5N5O8S/c1-46-21-5-6-37-25(40-28-14-29(15-28,16-28)41-7-9-47-10-8-41)24(21)27(43)39-20-13-23-22(48-31(35,36)49-23)12-19(20)26(42)38-17-3-2-4-18(11-17)50(44,45)30(32,33)34/h2-6,11-13H,7-10,14-16H2,1H3,(H,37,40)(H,38,42)(H,39,43). The van der Waals surface area contributed by atoms with Crippen molar-refractivity contribution in [1.82, 2.24) is 9.88 Å². The number of benzene rings is 2. The fourth-order valence-corrected chi connectivity index (χ4v) is 7.77. The van der Waals surface area contributed by atoms with E-state index < -0.39 is 55.4 Å². The van der Waals surface area contributed by atoms with Crippen molar-refractivity contribution in [3.63, 3.8) is 0 Å². The van der Waals surface area contributed by atoms with E-state index in [9.17, 15) is 40.0 Å². The Kier molecular flexibility index (Phi) is 7.87. The molecule has 3 N–H and O–H groups in total. The second kappa shape index (κ2) is 11.7. The number of anilines is 3. The number of sulfone groups is 1. The van der Waals surface area contributed by atoms with Gasteiger partial charge in [-0.15, -0.1) is 8.78 Å². The number of carbonyl (C=O) groups excluding carboxylic acids is 2. The Labute approximate surface area is 280 Å². The van der Waals surface area contributed by atoms with Crippen molar-refractivity contribution in [1.29, 1.82) is 0 Å². The molecule has 0 atom stereocenters. The van der Waals surface area contributed by atoms with Crippen molar-refractivity contribution in [3.8, 4) is 17.2 Å². The number of amides is 2. The molecule has 4 fully saturated rings. The molecule has 2 aliphatic heterocycles. The highest BCUT2D eigenvalue weighted by Crippen LogP contribution is 2.65. The molecule has 0 spiro atoms. The zero-order chi connectivity index (χ0) is 35.7. The third-order valence-electron chi connectivity index (χ3n) is 9.17. The van der Waals surface area contributed by atoms with Crippen molar-refractivity contribution in [2.24, 2.45) is 0 Å². The molecular formula is C31H28F5N5O8S. The molecule has 13 nitrogen and oxygen atoms in total. The van der Waals surface area contributed by atoms with Gasteiger partial charge < -0.3 is 34.9 Å². The molecule has 2 aromatic carbocycles. The van der Waals surface area contributed by atoms with Crippen LogP contribution in [-0.2, 0) is 14.6 Å². The summed E-state index contributed by atoms with van der Waals surface area (Å²) in [6.07, 6.45) is -0.232. The molecule has 8 rings (SSSR count). The van der Waals surface area contributed by atoms with E-state index in [0.717, 1.165) is 56.6 Å². The lowest BCUT2D eigenvalue weighted by Gasteiger charge is -2.74. The second-order valence-electron chi connectivity index (χ2n) is 12.4. The van der Waals surface area contributed by atoms with Gasteiger partial charge in [0.25, 0.3) is 21.7 Å². The summed E-state index contributed by atoms with van der Waals surface area (Å²) in [7, 11) is -4.43. The number of hydrogen-bond donors (Lipinski definition) is 3. The van der Waals surface area contributed by atoms with Gasteiger partial charge in [0.1, 0.15) is 17.1 Å². The fourth-order valence-electron chi connectivity index (χ4n) is 6.97. The van der Waals surface area contributed by atoms with Gasteiger partial charge in [-0.3, -0.25) is 14.5 Å². The molecule has 3 aliphatic carbocycles. The van der Waals surface area contributed by atoms with Crippen LogP contribution in [0.3, 0.4) is 0 Å². The summed E-state index contributed by atoms with van der Waals surface area (Å²) in [6, 6.07) is 6.53. The zero-order valence-corrected chi connectivity index (χ0v) is 26.8. The summed E-state index contributed by atoms with van der Waals surface area (Å²) in [4.78, 5) is 33.0. The first-order valence-corrected chi connectivity index (χ1v) is 16.6. The molecule has 50 heavy (non-hydrogen) atoms. The quantitative estimate of drug-likeness (QED) is 0.265. The van der Waals surface area contributed by atoms with Crippen LogP contribution in [0, 0.1) is 0 Å². The SMILES string of the molecule is COc1ccnc(NC23CC(N4CCOCC4)(C2)C3)c1C(=O)Nc1cc2c(cc1C(=O)Nc1cccc(S(=O)(=O)C(F)(F)F)c1)OC(F)(F)O2. The first-order valence-electron chi connectivity index (χ1n) is 15.2. The smallest absolute Gasteiger partial charge is 0.496 e. The number of halogens is 5. The van der Waals surface area contributed by atoms with Gasteiger partial charge in [-0.2, -0.15) is 13.2 Å². The molecule has 3 saturated carbocycles. The number of nitrogens with zero attached hydrogens (tertiary/aromatic N) is 2. The maximum atomic E-state index is 14.0. The van der Waals surface area contributed by atoms with Crippen LogP contribution < -0.4 is 30.2 Å². The molecular weight excluding hydrogens is 697 g/mol. The Morgan fingerprint density at radius 3 is 2.30 bits per heavy atom. The highest BCUT2D eigenvalue weighted by Gasteiger charge is 2.70. The predicted octanol–water partition coefficient (Wildman–Crippen LogP) is 4.63. The van der Waals surface area contributed by atoms with Gasteiger partial charge in [0, 0.05) is 42.1 Å². The second-order valence-corrected chi connectivity index (χ2v) is 14.3. The molecule has 0 radical (unpaired) electrons. The Bertz CT molecular complexity index is 1990. The van der Waals surface area contributed by atoms with Gasteiger partial charge in [-0.1, -0.05) is 6.07 Å². The topological polar surface area (TPSA) is 157 Å². The largest absolute Gasteiger partial charge is 0.586 e. The number of methoxy groups -OCH3 is 1. The number of nitrogens with one attached hydrogen (secondary N) is 3. The number of morpholine rings is 1. The van der Waals surface area contributed by atoms with Crippen LogP contribution in [0.2, 0.25) is 0 Å². The van der Waals surface area contributed by atoms with Crippen molar-refractivity contribution >= 4 is 38.8 Å². The van der Waals surface area contributed by atoms with Crippen molar-refractivity contribution in [2.45, 2.75) is 47.0 Å². The maximum absolute atomic E-state index is 14.0. The minimum Gasteiger partial charge on any atom is -0.496 e. The van der Waals surface area contributed by atoms with Gasteiger partial charge in [0.15, 0.2) is 11.5 Å². The Hall–Kier alpha value is -4.75. The fraction of sp³-hybridized carbons (Fsp3) is 0.387. The molecule has 0 unspecified atom stereocenters. The lowest BCUT2D eigenvalue weighted by atomic mass is 9.43. The summed E-state index contributed by atoms with van der Waals surface area (Å²) >= 11 is 0. The number of fused-ring (bicyclic) bond motifs is 1. The summed E-state index contributed by atoms with van der Waals surface area (Å²) in [5, 5.41) is 8.13. The number of aromatic nitrogens is 1. The minimum absolute atomic E-state index is 0.0470. The first-order chi connectivity index (χ1) is 23.5. The van der Waals surface area contributed by atoms with Gasteiger partial charge in [-0.05, 0) is 49.6 Å². The maximum Gasteiger partial charge on any atom is 0.586 e. The van der Waals surface area contributed by atoms with Crippen LogP contribution in [0.5, 0.6) is 17.2 Å². The normalized spacial score (nSPS) is 23.6. The number of alkyl halides is 5. The molecule has 3 aromatic rings. The molecule has 19 heteroatoms. The van der Waals surface area contributed by atoms with E-state index in [2.05, 4.69) is 35.3 Å². The van der Waals surface area contributed by atoms with Gasteiger partial charge in [-0.25, -0.2) is 13.4 Å². The average Bonchev–Trinajstić information content (AvgIpc) is 3.33. The third kappa shape index (κ3) is 5.81. The number of pyridine rings is 1. The molecule has 1 aromatic heterocycles. The van der Waals surface area contributed by atoms with E-state index in [1.807, 2.05) is 0 Å². The first kappa shape index (κ1) is 33.7. The van der Waals surface area contributed by atoms with Crippen molar-refractivity contribution in [2.75, 3.05) is 49.4 Å². The van der Waals surface area contributed by atoms with Crippen LogP contribution in [0.25, 0.3) is 0 Å². The number of hydrogen-bond acceptors (Lipinski definition) is 11. The molecule has 1 saturated heterocycles. The number of ether oxygens (including phenoxy) is 4. The Morgan fingerprint density at radius 1 is 0.960 bits per heavy atom. The van der Waals surface area contributed by atoms with Gasteiger partial charge >= 0.3 is 11.8 Å². The van der Waals surface area contributed by atoms with Crippen LogP contribution in [0.15, 0.2) is 53.6 Å². The summed E-state index contributed by atoms with van der Waals surface area (Å²) < 4.78 is 111. The third-order valence-corrected chi connectivity index (χ3v) is 10.7. The summed E-state index contributed by atoms with van der Waals surface area (Å²) in [5.74, 6) is -2.80. The van der Waals surface area contributed by atoms with E-state index in [4.69, 9.17) is 9.47 Å². The average molecular weight is 726 g/mol. The lowest BCUT2D eigenvalue weighted by molar-refractivity contribution is -0.286. The number of rotatable bonds is 9. The summed E-state index contributed by atoms with van der Waals surface area (Å²) in [6.45, 7) is 2.98. The van der Waals surface area contributed by atoms with Crippen LogP contribution in [-0.4, -0.2) is 86.4 Å². The van der Waals surface area contributed by atoms with Gasteiger partial charge in [0.2, 0.25) is 0 Å². The predicted molar refractivity (Wildman–Crippen MR) is 164 cm³/mol. The Morgan fingerprint density at radius 2 is 1.64 bits per heavy atom. The Balaban J connectivity index is 1.16. The van der Waals surface area contributed by atoms with E-state index >= 15 is 0 Å². The van der Waals surface area contributed by atoms with Crippen LogP contribution in [0.1, 0.15) is 40.0 Å². The highest BCUT2D eigenvalue weighted by atomic mass is 32.2. The van der Waals surface area contributed by atoms with Crippen LogP contribution in [0.4, 0.5) is 39.1 Å². The van der Waals surface area contributed by atoms with E-state index in [1.54, 1.807) is 0 Å². The van der Waals surface area contributed by atoms with Gasteiger partial charge in [0.05, 0.1) is 36.5 Å². The minimum atomic E-state index is -5.76. The lowest BCUT2D eigenvalue weighted by Crippen LogP contribution is -2.82. The van der Waals surface area contributed by atoms with E-state index in [-0.39, 0.29) is 39.6 Å².